The minimum atomic E-state index is -0.422. The molecule has 0 spiro atoms. The lowest BCUT2D eigenvalue weighted by atomic mass is 10.0. The van der Waals surface area contributed by atoms with Gasteiger partial charge in [-0.3, -0.25) is 9.69 Å². The van der Waals surface area contributed by atoms with E-state index < -0.39 is 5.78 Å². The second-order valence-electron chi connectivity index (χ2n) is 7.53. The van der Waals surface area contributed by atoms with E-state index in [0.29, 0.717) is 53.9 Å². The van der Waals surface area contributed by atoms with Crippen LogP contribution in [0.5, 0.6) is 34.5 Å². The zero-order valence-corrected chi connectivity index (χ0v) is 20.2. The molecule has 3 rings (SSSR count). The van der Waals surface area contributed by atoms with Crippen molar-refractivity contribution in [3.63, 3.8) is 0 Å². The highest BCUT2D eigenvalue weighted by molar-refractivity contribution is 6.11. The van der Waals surface area contributed by atoms with Crippen molar-refractivity contribution in [1.82, 2.24) is 4.90 Å². The van der Waals surface area contributed by atoms with Crippen molar-refractivity contribution in [1.29, 1.82) is 0 Å². The highest BCUT2D eigenvalue weighted by Crippen LogP contribution is 2.41. The van der Waals surface area contributed by atoms with Crippen LogP contribution >= 0.6 is 0 Å². The number of ether oxygens (including phenoxy) is 6. The summed E-state index contributed by atoms with van der Waals surface area (Å²) in [4.78, 5) is 15.3. The lowest BCUT2D eigenvalue weighted by Gasteiger charge is -2.28. The number of methoxy groups -OCH3 is 5. The third-order valence-electron chi connectivity index (χ3n) is 5.61. The van der Waals surface area contributed by atoms with Gasteiger partial charge in [-0.1, -0.05) is 6.08 Å². The fourth-order valence-corrected chi connectivity index (χ4v) is 3.83. The van der Waals surface area contributed by atoms with Crippen molar-refractivity contribution in [2.45, 2.75) is 6.54 Å². The molecule has 1 aliphatic heterocycles. The van der Waals surface area contributed by atoms with Gasteiger partial charge in [0.05, 0.1) is 54.3 Å². The Morgan fingerprint density at radius 3 is 2.03 bits per heavy atom. The fraction of sp³-hybridized carbons (Fsp3) is 0.400. The molecule has 9 nitrogen and oxygen atoms in total. The zero-order valence-electron chi connectivity index (χ0n) is 20.2. The number of hydrogen-bond acceptors (Lipinski definition) is 9. The Bertz CT molecular complexity index is 1020. The standard InChI is InChI=1S/C25H31NO8/c1-29-19-14-20(30-2)23(24(28)17(19)15-26-8-10-34-11-9-26)18(27)7-6-16-12-21(31-3)25(33-5)22(13-16)32-4/h6-7,12-14,28H,8-11,15H2,1-5H3/b7-6+. The molecular weight excluding hydrogens is 442 g/mol. The summed E-state index contributed by atoms with van der Waals surface area (Å²) in [6.07, 6.45) is 2.97. The smallest absolute Gasteiger partial charge is 0.203 e. The van der Waals surface area contributed by atoms with Gasteiger partial charge in [0.25, 0.3) is 0 Å². The van der Waals surface area contributed by atoms with E-state index in [-0.39, 0.29) is 17.1 Å². The number of nitrogens with zero attached hydrogens (tertiary/aromatic N) is 1. The number of morpholine rings is 1. The van der Waals surface area contributed by atoms with Crippen LogP contribution in [0.15, 0.2) is 24.3 Å². The molecule has 9 heteroatoms. The quantitative estimate of drug-likeness (QED) is 0.412. The first-order chi connectivity index (χ1) is 16.5. The minimum Gasteiger partial charge on any atom is -0.507 e. The molecule has 1 fully saturated rings. The molecule has 0 aromatic heterocycles. The molecule has 0 unspecified atom stereocenters. The number of benzene rings is 2. The van der Waals surface area contributed by atoms with E-state index >= 15 is 0 Å². The summed E-state index contributed by atoms with van der Waals surface area (Å²) < 4.78 is 32.4. The second-order valence-corrected chi connectivity index (χ2v) is 7.53. The SMILES string of the molecule is COc1cc(OC)c(C(=O)/C=C/c2cc(OC)c(OC)c(OC)c2)c(O)c1CN1CCOCC1. The van der Waals surface area contributed by atoms with Crippen LogP contribution in [-0.4, -0.2) is 77.6 Å². The van der Waals surface area contributed by atoms with E-state index in [1.807, 2.05) is 0 Å². The number of rotatable bonds is 10. The Labute approximate surface area is 199 Å². The van der Waals surface area contributed by atoms with Gasteiger partial charge in [-0.05, 0) is 23.8 Å². The van der Waals surface area contributed by atoms with Gasteiger partial charge in [0.2, 0.25) is 5.75 Å². The maximum Gasteiger partial charge on any atom is 0.203 e. The molecule has 2 aromatic carbocycles. The lowest BCUT2D eigenvalue weighted by molar-refractivity contribution is 0.0335. The summed E-state index contributed by atoms with van der Waals surface area (Å²) >= 11 is 0. The summed E-state index contributed by atoms with van der Waals surface area (Å²) in [5.41, 5.74) is 1.24. The number of hydrogen-bond donors (Lipinski definition) is 1. The molecule has 0 aliphatic carbocycles. The molecule has 0 amide bonds. The normalized spacial score (nSPS) is 14.1. The summed E-state index contributed by atoms with van der Waals surface area (Å²) in [6, 6.07) is 5.07. The highest BCUT2D eigenvalue weighted by atomic mass is 16.5. The van der Waals surface area contributed by atoms with Crippen LogP contribution in [-0.2, 0) is 11.3 Å². The number of allylic oxidation sites excluding steroid dienone is 1. The van der Waals surface area contributed by atoms with Gasteiger partial charge >= 0.3 is 0 Å². The van der Waals surface area contributed by atoms with Crippen LogP contribution in [0.3, 0.4) is 0 Å². The van der Waals surface area contributed by atoms with Crippen LogP contribution in [0.1, 0.15) is 21.5 Å². The first-order valence-corrected chi connectivity index (χ1v) is 10.8. The Morgan fingerprint density at radius 2 is 1.50 bits per heavy atom. The van der Waals surface area contributed by atoms with Gasteiger partial charge < -0.3 is 33.5 Å². The maximum absolute atomic E-state index is 13.2. The molecule has 1 aliphatic rings. The topological polar surface area (TPSA) is 95.9 Å². The van der Waals surface area contributed by atoms with Gasteiger partial charge in [0.1, 0.15) is 22.8 Å². The largest absolute Gasteiger partial charge is 0.507 e. The fourth-order valence-electron chi connectivity index (χ4n) is 3.83. The average molecular weight is 474 g/mol. The molecule has 2 aromatic rings. The van der Waals surface area contributed by atoms with E-state index in [1.54, 1.807) is 24.3 Å². The minimum absolute atomic E-state index is 0.0650. The Morgan fingerprint density at radius 1 is 0.912 bits per heavy atom. The van der Waals surface area contributed by atoms with Crippen LogP contribution < -0.4 is 23.7 Å². The van der Waals surface area contributed by atoms with Crippen molar-refractivity contribution in [3.8, 4) is 34.5 Å². The van der Waals surface area contributed by atoms with Gasteiger partial charge in [0, 0.05) is 25.7 Å². The predicted molar refractivity (Wildman–Crippen MR) is 127 cm³/mol. The molecule has 1 heterocycles. The lowest BCUT2D eigenvalue weighted by Crippen LogP contribution is -2.35. The molecule has 184 valence electrons. The second kappa shape index (κ2) is 11.6. The summed E-state index contributed by atoms with van der Waals surface area (Å²) in [5.74, 6) is 1.47. The van der Waals surface area contributed by atoms with E-state index in [0.717, 1.165) is 13.1 Å². The third-order valence-corrected chi connectivity index (χ3v) is 5.61. The van der Waals surface area contributed by atoms with Crippen LogP contribution in [0.25, 0.3) is 6.08 Å². The van der Waals surface area contributed by atoms with Crippen LogP contribution in [0.4, 0.5) is 0 Å². The molecule has 1 N–H and O–H groups in total. The maximum atomic E-state index is 13.2. The van der Waals surface area contributed by atoms with Gasteiger partial charge in [0.15, 0.2) is 17.3 Å². The summed E-state index contributed by atoms with van der Waals surface area (Å²) in [7, 11) is 7.52. The first-order valence-electron chi connectivity index (χ1n) is 10.8. The number of ketones is 1. The van der Waals surface area contributed by atoms with E-state index in [1.165, 1.54) is 41.6 Å². The highest BCUT2D eigenvalue weighted by Gasteiger charge is 2.25. The van der Waals surface area contributed by atoms with Crippen LogP contribution in [0, 0.1) is 0 Å². The molecule has 0 bridgehead atoms. The van der Waals surface area contributed by atoms with E-state index in [2.05, 4.69) is 4.90 Å². The average Bonchev–Trinajstić information content (AvgIpc) is 2.87. The van der Waals surface area contributed by atoms with Crippen molar-refractivity contribution in [2.75, 3.05) is 61.9 Å². The van der Waals surface area contributed by atoms with Crippen molar-refractivity contribution >= 4 is 11.9 Å². The van der Waals surface area contributed by atoms with Crippen molar-refractivity contribution < 1.29 is 38.3 Å². The van der Waals surface area contributed by atoms with E-state index in [9.17, 15) is 9.90 Å². The first kappa shape index (κ1) is 25.2. The van der Waals surface area contributed by atoms with Gasteiger partial charge in [-0.15, -0.1) is 0 Å². The van der Waals surface area contributed by atoms with Gasteiger partial charge in [-0.2, -0.15) is 0 Å². The molecule has 0 atom stereocenters. The summed E-state index contributed by atoms with van der Waals surface area (Å²) in [6.45, 7) is 3.09. The Hall–Kier alpha value is -3.43. The van der Waals surface area contributed by atoms with Crippen molar-refractivity contribution in [3.05, 3.63) is 41.0 Å². The Balaban J connectivity index is 1.97. The van der Waals surface area contributed by atoms with E-state index in [4.69, 9.17) is 28.4 Å². The van der Waals surface area contributed by atoms with Gasteiger partial charge in [-0.25, -0.2) is 0 Å². The summed E-state index contributed by atoms with van der Waals surface area (Å²) in [5, 5.41) is 11.1. The molecule has 34 heavy (non-hydrogen) atoms. The molecule has 1 saturated heterocycles. The number of phenols is 1. The number of phenolic OH excluding ortho intramolecular Hbond substituents is 1. The zero-order chi connectivity index (χ0) is 24.7. The third kappa shape index (κ3) is 5.37. The predicted octanol–water partition coefficient (Wildman–Crippen LogP) is 3.16. The van der Waals surface area contributed by atoms with Crippen molar-refractivity contribution in [2.24, 2.45) is 0 Å². The Kier molecular flexibility index (Phi) is 8.61. The monoisotopic (exact) mass is 473 g/mol. The molecular formula is C25H31NO8. The van der Waals surface area contributed by atoms with Crippen LogP contribution in [0.2, 0.25) is 0 Å². The molecule has 0 saturated carbocycles. The number of aromatic hydroxyl groups is 1. The number of carbonyl (C=O) groups excluding carboxylic acids is 1. The molecule has 0 radical (unpaired) electrons. The number of carbonyl (C=O) groups is 1.